The molecule has 1 atom stereocenters. The summed E-state index contributed by atoms with van der Waals surface area (Å²) in [5.41, 5.74) is 8.78. The van der Waals surface area contributed by atoms with Crippen LogP contribution in [0.5, 0.6) is 0 Å². The second-order valence-electron chi connectivity index (χ2n) is 5.26. The molecule has 18 heavy (non-hydrogen) atoms. The van der Waals surface area contributed by atoms with Gasteiger partial charge in [0.05, 0.1) is 6.04 Å². The topological polar surface area (TPSA) is 38.0 Å². The first kappa shape index (κ1) is 13.1. The molecule has 0 radical (unpaired) electrons. The van der Waals surface area contributed by atoms with E-state index < -0.39 is 0 Å². The normalized spacial score (nSPS) is 18.1. The van der Waals surface area contributed by atoms with E-state index in [4.69, 9.17) is 12.2 Å². The summed E-state index contributed by atoms with van der Waals surface area (Å²) < 4.78 is 0. The first-order valence-electron chi connectivity index (χ1n) is 6.73. The molecule has 1 aromatic carbocycles. The number of hydrogen-bond acceptors (Lipinski definition) is 2. The average molecular weight is 242 g/mol. The Morgan fingerprint density at radius 1 is 1.39 bits per heavy atom. The molecule has 0 bridgehead atoms. The molecule has 1 aromatic rings. The third-order valence-electron chi connectivity index (χ3n) is 3.83. The molecule has 0 aliphatic heterocycles. The van der Waals surface area contributed by atoms with Crippen LogP contribution < -0.4 is 11.1 Å². The van der Waals surface area contributed by atoms with Gasteiger partial charge < -0.3 is 5.73 Å². The van der Waals surface area contributed by atoms with Gasteiger partial charge >= 0.3 is 0 Å². The SMILES string of the molecule is C#CC(CCC)NC1(CN)Cc2ccccc2C1. The largest absolute Gasteiger partial charge is 0.329 e. The molecule has 0 fully saturated rings. The molecule has 96 valence electrons. The highest BCUT2D eigenvalue weighted by Crippen LogP contribution is 2.30. The summed E-state index contributed by atoms with van der Waals surface area (Å²) in [6, 6.07) is 8.71. The van der Waals surface area contributed by atoms with Gasteiger partial charge in [-0.2, -0.15) is 0 Å². The summed E-state index contributed by atoms with van der Waals surface area (Å²) in [7, 11) is 0. The van der Waals surface area contributed by atoms with Crippen LogP contribution in [0.2, 0.25) is 0 Å². The van der Waals surface area contributed by atoms with Crippen LogP contribution in [0.25, 0.3) is 0 Å². The van der Waals surface area contributed by atoms with Gasteiger partial charge in [0.2, 0.25) is 0 Å². The summed E-state index contributed by atoms with van der Waals surface area (Å²) in [6.45, 7) is 2.79. The predicted molar refractivity (Wildman–Crippen MR) is 76.3 cm³/mol. The van der Waals surface area contributed by atoms with Gasteiger partial charge in [-0.15, -0.1) is 6.42 Å². The number of rotatable bonds is 5. The fraction of sp³-hybridized carbons (Fsp3) is 0.500. The van der Waals surface area contributed by atoms with Gasteiger partial charge in [-0.1, -0.05) is 43.5 Å². The lowest BCUT2D eigenvalue weighted by atomic mass is 9.94. The van der Waals surface area contributed by atoms with E-state index in [-0.39, 0.29) is 11.6 Å². The van der Waals surface area contributed by atoms with Crippen molar-refractivity contribution in [2.24, 2.45) is 5.73 Å². The molecular formula is C16H22N2. The van der Waals surface area contributed by atoms with Crippen LogP contribution in [-0.2, 0) is 12.8 Å². The second-order valence-corrected chi connectivity index (χ2v) is 5.26. The molecular weight excluding hydrogens is 220 g/mol. The quantitative estimate of drug-likeness (QED) is 0.774. The standard InChI is InChI=1S/C16H22N2/c1-3-7-15(4-2)18-16(12-17)10-13-8-5-6-9-14(13)11-16/h2,5-6,8-9,15,18H,3,7,10-12,17H2,1H3. The highest BCUT2D eigenvalue weighted by molar-refractivity contribution is 5.37. The van der Waals surface area contributed by atoms with E-state index in [1.165, 1.54) is 11.1 Å². The van der Waals surface area contributed by atoms with Crippen molar-refractivity contribution in [3.8, 4) is 12.3 Å². The van der Waals surface area contributed by atoms with Crippen molar-refractivity contribution >= 4 is 0 Å². The lowest BCUT2D eigenvalue weighted by molar-refractivity contribution is 0.320. The van der Waals surface area contributed by atoms with Gasteiger partial charge in [0.25, 0.3) is 0 Å². The van der Waals surface area contributed by atoms with Gasteiger partial charge in [-0.05, 0) is 30.4 Å². The van der Waals surface area contributed by atoms with Gasteiger partial charge in [0.15, 0.2) is 0 Å². The van der Waals surface area contributed by atoms with E-state index in [1.54, 1.807) is 0 Å². The zero-order valence-corrected chi connectivity index (χ0v) is 11.1. The summed E-state index contributed by atoms with van der Waals surface area (Å²) >= 11 is 0. The first-order chi connectivity index (χ1) is 8.73. The summed E-state index contributed by atoms with van der Waals surface area (Å²) in [6.07, 6.45) is 9.68. The van der Waals surface area contributed by atoms with E-state index >= 15 is 0 Å². The van der Waals surface area contributed by atoms with E-state index in [0.29, 0.717) is 6.54 Å². The van der Waals surface area contributed by atoms with Gasteiger partial charge in [-0.25, -0.2) is 0 Å². The Bertz CT molecular complexity index is 420. The molecule has 1 aliphatic carbocycles. The Hall–Kier alpha value is -1.30. The van der Waals surface area contributed by atoms with Crippen LogP contribution in [0, 0.1) is 12.3 Å². The molecule has 3 N–H and O–H groups in total. The number of hydrogen-bond donors (Lipinski definition) is 2. The van der Waals surface area contributed by atoms with Crippen LogP contribution in [0.4, 0.5) is 0 Å². The molecule has 2 heteroatoms. The Balaban J connectivity index is 2.13. The van der Waals surface area contributed by atoms with Crippen LogP contribution >= 0.6 is 0 Å². The lowest BCUT2D eigenvalue weighted by Crippen LogP contribution is -2.55. The van der Waals surface area contributed by atoms with Crippen molar-refractivity contribution in [2.75, 3.05) is 6.54 Å². The Labute approximate surface area is 110 Å². The summed E-state index contributed by atoms with van der Waals surface area (Å²) in [4.78, 5) is 0. The van der Waals surface area contributed by atoms with E-state index in [2.05, 4.69) is 42.4 Å². The second kappa shape index (κ2) is 5.56. The molecule has 0 amide bonds. The van der Waals surface area contributed by atoms with Crippen LogP contribution in [0.1, 0.15) is 30.9 Å². The number of fused-ring (bicyclic) bond motifs is 1. The van der Waals surface area contributed by atoms with Crippen molar-refractivity contribution in [3.63, 3.8) is 0 Å². The van der Waals surface area contributed by atoms with Crippen molar-refractivity contribution in [1.29, 1.82) is 0 Å². The fourth-order valence-electron chi connectivity index (χ4n) is 2.85. The highest BCUT2D eigenvalue weighted by atomic mass is 15.0. The first-order valence-corrected chi connectivity index (χ1v) is 6.73. The lowest BCUT2D eigenvalue weighted by Gasteiger charge is -2.32. The van der Waals surface area contributed by atoms with Crippen molar-refractivity contribution in [1.82, 2.24) is 5.32 Å². The molecule has 2 nitrogen and oxygen atoms in total. The molecule has 0 saturated heterocycles. The Kier molecular flexibility index (Phi) is 4.06. The van der Waals surface area contributed by atoms with E-state index in [9.17, 15) is 0 Å². The van der Waals surface area contributed by atoms with Crippen LogP contribution in [0.15, 0.2) is 24.3 Å². The predicted octanol–water partition coefficient (Wildman–Crippen LogP) is 1.87. The summed E-state index contributed by atoms with van der Waals surface area (Å²) in [5.74, 6) is 2.85. The third-order valence-corrected chi connectivity index (χ3v) is 3.83. The fourth-order valence-corrected chi connectivity index (χ4v) is 2.85. The summed E-state index contributed by atoms with van der Waals surface area (Å²) in [5, 5.41) is 3.62. The van der Waals surface area contributed by atoms with Crippen molar-refractivity contribution < 1.29 is 0 Å². The maximum Gasteiger partial charge on any atom is 0.0691 e. The van der Waals surface area contributed by atoms with Gasteiger partial charge in [-0.3, -0.25) is 5.32 Å². The van der Waals surface area contributed by atoms with Crippen molar-refractivity contribution in [2.45, 2.75) is 44.2 Å². The number of nitrogens with two attached hydrogens (primary N) is 1. The molecule has 2 rings (SSSR count). The molecule has 1 unspecified atom stereocenters. The number of benzene rings is 1. The minimum absolute atomic E-state index is 0.0457. The third kappa shape index (κ3) is 2.58. The smallest absolute Gasteiger partial charge is 0.0691 e. The van der Waals surface area contributed by atoms with Crippen LogP contribution in [-0.4, -0.2) is 18.1 Å². The maximum atomic E-state index is 6.02. The van der Waals surface area contributed by atoms with E-state index in [0.717, 1.165) is 25.7 Å². The highest BCUT2D eigenvalue weighted by Gasteiger charge is 2.36. The minimum atomic E-state index is -0.0457. The Morgan fingerprint density at radius 2 is 2.00 bits per heavy atom. The molecule has 0 spiro atoms. The molecule has 0 saturated carbocycles. The maximum absolute atomic E-state index is 6.02. The number of nitrogens with one attached hydrogen (secondary N) is 1. The number of terminal acetylenes is 1. The monoisotopic (exact) mass is 242 g/mol. The molecule has 0 heterocycles. The molecule has 1 aliphatic rings. The van der Waals surface area contributed by atoms with E-state index in [1.807, 2.05) is 0 Å². The zero-order chi connectivity index (χ0) is 13.0. The van der Waals surface area contributed by atoms with Gasteiger partial charge in [0, 0.05) is 12.1 Å². The molecule has 0 aromatic heterocycles. The van der Waals surface area contributed by atoms with Gasteiger partial charge in [0.1, 0.15) is 0 Å². The Morgan fingerprint density at radius 3 is 2.44 bits per heavy atom. The zero-order valence-electron chi connectivity index (χ0n) is 11.1. The minimum Gasteiger partial charge on any atom is -0.329 e. The average Bonchev–Trinajstić information content (AvgIpc) is 2.77. The van der Waals surface area contributed by atoms with Crippen LogP contribution in [0.3, 0.4) is 0 Å². The van der Waals surface area contributed by atoms with Crippen molar-refractivity contribution in [3.05, 3.63) is 35.4 Å².